The monoisotopic (exact) mass is 183 g/mol. The molecule has 74 valence electrons. The Labute approximate surface area is 79.3 Å². The topological polar surface area (TPSA) is 72.2 Å². The number of aryl methyl sites for hydroxylation is 1. The van der Waals surface area contributed by atoms with Gasteiger partial charge in [-0.3, -0.25) is 10.7 Å². The standard InChI is InChI=1S/C9H10N2O.H3N.2H2/c1-11-5-4-7-6-8(10-12)2-3-9(7)11;;;/h2-6,10,12H,1H3;1H3;2*1H. The Bertz CT molecular complexity index is 417. The highest BCUT2D eigenvalue weighted by Gasteiger charge is 1.97. The van der Waals surface area contributed by atoms with Gasteiger partial charge < -0.3 is 10.7 Å². The van der Waals surface area contributed by atoms with E-state index in [1.54, 1.807) is 0 Å². The van der Waals surface area contributed by atoms with E-state index in [1.165, 1.54) is 0 Å². The maximum absolute atomic E-state index is 8.65. The third-order valence-electron chi connectivity index (χ3n) is 2.01. The molecule has 2 aromatic rings. The molecule has 0 saturated heterocycles. The Morgan fingerprint density at radius 3 is 2.85 bits per heavy atom. The van der Waals surface area contributed by atoms with Crippen molar-refractivity contribution in [2.24, 2.45) is 7.05 Å². The molecule has 1 aromatic heterocycles. The first kappa shape index (κ1) is 9.57. The van der Waals surface area contributed by atoms with Crippen molar-refractivity contribution in [3.63, 3.8) is 0 Å². The molecule has 0 amide bonds. The second-order valence-corrected chi connectivity index (χ2v) is 2.81. The van der Waals surface area contributed by atoms with Gasteiger partial charge in [-0.1, -0.05) is 0 Å². The highest BCUT2D eigenvalue weighted by molar-refractivity contribution is 5.83. The van der Waals surface area contributed by atoms with Crippen LogP contribution in [0, 0.1) is 0 Å². The molecule has 0 fully saturated rings. The predicted molar refractivity (Wildman–Crippen MR) is 57.6 cm³/mol. The van der Waals surface area contributed by atoms with Crippen molar-refractivity contribution in [1.29, 1.82) is 0 Å². The summed E-state index contributed by atoms with van der Waals surface area (Å²) in [6, 6.07) is 7.71. The molecule has 1 heterocycles. The molecule has 2 rings (SSSR count). The quantitative estimate of drug-likeness (QED) is 0.595. The summed E-state index contributed by atoms with van der Waals surface area (Å²) in [7, 11) is 1.99. The van der Waals surface area contributed by atoms with Crippen LogP contribution >= 0.6 is 0 Å². The third-order valence-corrected chi connectivity index (χ3v) is 2.01. The molecule has 5 N–H and O–H groups in total. The number of nitrogens with one attached hydrogen (secondary N) is 1. The summed E-state index contributed by atoms with van der Waals surface area (Å²) in [6.45, 7) is 0. The van der Waals surface area contributed by atoms with Gasteiger partial charge in [0.2, 0.25) is 0 Å². The van der Waals surface area contributed by atoms with E-state index in [9.17, 15) is 0 Å². The normalized spacial score (nSPS) is 9.69. The van der Waals surface area contributed by atoms with Crippen LogP contribution in [0.25, 0.3) is 10.9 Å². The third kappa shape index (κ3) is 1.49. The minimum absolute atomic E-state index is 0. The van der Waals surface area contributed by atoms with E-state index in [2.05, 4.69) is 5.48 Å². The van der Waals surface area contributed by atoms with Crippen molar-refractivity contribution in [3.05, 3.63) is 30.5 Å². The van der Waals surface area contributed by atoms with Crippen LogP contribution in [0.5, 0.6) is 0 Å². The molecule has 0 aliphatic carbocycles. The minimum atomic E-state index is 0. The minimum Gasteiger partial charge on any atom is -0.351 e. The molecule has 4 heteroatoms. The van der Waals surface area contributed by atoms with Crippen LogP contribution < -0.4 is 11.6 Å². The summed E-state index contributed by atoms with van der Waals surface area (Å²) >= 11 is 0. The van der Waals surface area contributed by atoms with Gasteiger partial charge in [-0.25, -0.2) is 0 Å². The van der Waals surface area contributed by atoms with Crippen molar-refractivity contribution >= 4 is 16.6 Å². The van der Waals surface area contributed by atoms with Crippen LogP contribution in [0.2, 0.25) is 0 Å². The van der Waals surface area contributed by atoms with Gasteiger partial charge in [-0.15, -0.1) is 0 Å². The average molecular weight is 183 g/mol. The Morgan fingerprint density at radius 2 is 2.15 bits per heavy atom. The van der Waals surface area contributed by atoms with E-state index in [1.807, 2.05) is 42.1 Å². The molecular formula is C9H17N3O. The number of nitrogens with zero attached hydrogens (tertiary/aromatic N) is 1. The number of benzene rings is 1. The molecule has 0 atom stereocenters. The van der Waals surface area contributed by atoms with Crippen molar-refractivity contribution in [1.82, 2.24) is 10.7 Å². The Morgan fingerprint density at radius 1 is 1.38 bits per heavy atom. The number of fused-ring (bicyclic) bond motifs is 1. The van der Waals surface area contributed by atoms with Gasteiger partial charge in [0.25, 0.3) is 0 Å². The van der Waals surface area contributed by atoms with E-state index in [-0.39, 0.29) is 9.00 Å². The summed E-state index contributed by atoms with van der Waals surface area (Å²) in [5.74, 6) is 0. The molecule has 1 aromatic carbocycles. The highest BCUT2D eigenvalue weighted by atomic mass is 16.5. The van der Waals surface area contributed by atoms with Gasteiger partial charge in [0.1, 0.15) is 0 Å². The predicted octanol–water partition coefficient (Wildman–Crippen LogP) is 2.63. The molecule has 0 saturated carbocycles. The first-order valence-corrected chi connectivity index (χ1v) is 3.76. The average Bonchev–Trinajstić information content (AvgIpc) is 2.47. The number of rotatable bonds is 1. The molecule has 0 unspecified atom stereocenters. The van der Waals surface area contributed by atoms with Crippen LogP contribution in [-0.4, -0.2) is 9.77 Å². The fraction of sp³-hybridized carbons (Fsp3) is 0.111. The van der Waals surface area contributed by atoms with Gasteiger partial charge >= 0.3 is 0 Å². The van der Waals surface area contributed by atoms with Crippen LogP contribution in [0.15, 0.2) is 30.5 Å². The van der Waals surface area contributed by atoms with Crippen molar-refractivity contribution in [2.45, 2.75) is 0 Å². The molecule has 0 aliphatic heterocycles. The number of aromatic nitrogens is 1. The lowest BCUT2D eigenvalue weighted by Gasteiger charge is -1.99. The summed E-state index contributed by atoms with van der Waals surface area (Å²) in [6.07, 6.45) is 1.99. The maximum atomic E-state index is 8.65. The van der Waals surface area contributed by atoms with Crippen LogP contribution in [0.3, 0.4) is 0 Å². The molecule has 0 spiro atoms. The van der Waals surface area contributed by atoms with Crippen molar-refractivity contribution in [3.8, 4) is 0 Å². The largest absolute Gasteiger partial charge is 0.351 e. The van der Waals surface area contributed by atoms with Crippen LogP contribution in [0.4, 0.5) is 5.69 Å². The molecule has 13 heavy (non-hydrogen) atoms. The lowest BCUT2D eigenvalue weighted by atomic mass is 10.2. The number of anilines is 1. The SMILES string of the molecule is Cn1ccc2cc(NO)ccc21.N.[HH].[HH]. The lowest BCUT2D eigenvalue weighted by Crippen LogP contribution is -1.88. The first-order valence-electron chi connectivity index (χ1n) is 3.76. The Hall–Kier alpha value is -1.52. The molecule has 4 nitrogen and oxygen atoms in total. The van der Waals surface area contributed by atoms with Crippen molar-refractivity contribution < 1.29 is 8.06 Å². The molecule has 0 radical (unpaired) electrons. The van der Waals surface area contributed by atoms with E-state index in [4.69, 9.17) is 5.21 Å². The summed E-state index contributed by atoms with van der Waals surface area (Å²) in [4.78, 5) is 0. The molecule has 0 bridgehead atoms. The zero-order valence-corrected chi connectivity index (χ0v) is 7.49. The fourth-order valence-corrected chi connectivity index (χ4v) is 1.35. The second-order valence-electron chi connectivity index (χ2n) is 2.81. The Kier molecular flexibility index (Phi) is 2.55. The van der Waals surface area contributed by atoms with Gasteiger partial charge in [0.15, 0.2) is 0 Å². The number of hydrogen-bond acceptors (Lipinski definition) is 3. The fourth-order valence-electron chi connectivity index (χ4n) is 1.35. The smallest absolute Gasteiger partial charge is 0.0609 e. The zero-order chi connectivity index (χ0) is 8.55. The van der Waals surface area contributed by atoms with E-state index in [0.29, 0.717) is 5.69 Å². The van der Waals surface area contributed by atoms with Crippen LogP contribution in [-0.2, 0) is 7.05 Å². The summed E-state index contributed by atoms with van der Waals surface area (Å²) < 4.78 is 2.04. The summed E-state index contributed by atoms with van der Waals surface area (Å²) in [5.41, 5.74) is 4.00. The molecule has 0 aliphatic rings. The summed E-state index contributed by atoms with van der Waals surface area (Å²) in [5, 5.41) is 9.77. The maximum Gasteiger partial charge on any atom is 0.0609 e. The van der Waals surface area contributed by atoms with Crippen LogP contribution in [0.1, 0.15) is 2.85 Å². The van der Waals surface area contributed by atoms with Gasteiger partial charge in [0.05, 0.1) is 5.69 Å². The van der Waals surface area contributed by atoms with E-state index < -0.39 is 0 Å². The van der Waals surface area contributed by atoms with Gasteiger partial charge in [0, 0.05) is 27.0 Å². The van der Waals surface area contributed by atoms with Gasteiger partial charge in [-0.05, 0) is 24.3 Å². The van der Waals surface area contributed by atoms with E-state index >= 15 is 0 Å². The highest BCUT2D eigenvalue weighted by Crippen LogP contribution is 2.18. The Balaban J connectivity index is 0. The zero-order valence-electron chi connectivity index (χ0n) is 7.49. The van der Waals surface area contributed by atoms with Gasteiger partial charge in [-0.2, -0.15) is 0 Å². The lowest BCUT2D eigenvalue weighted by molar-refractivity contribution is 0.389. The first-order chi connectivity index (χ1) is 5.81. The molecular weight excluding hydrogens is 166 g/mol. The van der Waals surface area contributed by atoms with E-state index in [0.717, 1.165) is 10.9 Å². The second kappa shape index (κ2) is 3.47. The number of hydrogen-bond donors (Lipinski definition) is 3. The van der Waals surface area contributed by atoms with Crippen molar-refractivity contribution in [2.75, 3.05) is 5.48 Å².